The smallest absolute Gasteiger partial charge is 0.233 e. The fourth-order valence-electron chi connectivity index (χ4n) is 3.72. The van der Waals surface area contributed by atoms with Gasteiger partial charge in [-0.05, 0) is 68.0 Å². The number of ether oxygens (including phenoxy) is 1. The number of aryl methyl sites for hydroxylation is 3. The number of carbonyl (C=O) groups excluding carboxylic acids is 1. The predicted molar refractivity (Wildman–Crippen MR) is 120 cm³/mol. The first-order valence-electron chi connectivity index (χ1n) is 9.95. The Morgan fingerprint density at radius 1 is 1.21 bits per heavy atom. The molecule has 1 fully saturated rings. The lowest BCUT2D eigenvalue weighted by atomic mass is 10.0. The van der Waals surface area contributed by atoms with Crippen molar-refractivity contribution >= 4 is 44.2 Å². The van der Waals surface area contributed by atoms with Crippen molar-refractivity contribution in [2.75, 3.05) is 18.1 Å². The average molecular weight is 429 g/mol. The van der Waals surface area contributed by atoms with Crippen molar-refractivity contribution in [1.29, 1.82) is 0 Å². The van der Waals surface area contributed by atoms with Gasteiger partial charge in [0.2, 0.25) is 5.91 Å². The molecule has 0 N–H and O–H groups in total. The number of fused-ring (bicyclic) bond motifs is 1. The van der Waals surface area contributed by atoms with Gasteiger partial charge in [-0.15, -0.1) is 0 Å². The SMILES string of the molecule is Cc1ccc(CC(=O)N(CC2CCCO2)c2nc3c(C)cc(Cl)cc3s2)cc1C. The van der Waals surface area contributed by atoms with E-state index >= 15 is 0 Å². The van der Waals surface area contributed by atoms with Gasteiger partial charge in [-0.2, -0.15) is 0 Å². The third kappa shape index (κ3) is 4.47. The van der Waals surface area contributed by atoms with Gasteiger partial charge in [0.05, 0.1) is 29.3 Å². The first-order chi connectivity index (χ1) is 13.9. The molecule has 1 atom stereocenters. The van der Waals surface area contributed by atoms with E-state index < -0.39 is 0 Å². The van der Waals surface area contributed by atoms with E-state index in [0.717, 1.165) is 45.9 Å². The molecule has 1 saturated heterocycles. The molecular weight excluding hydrogens is 404 g/mol. The molecule has 4 rings (SSSR count). The molecule has 0 bridgehead atoms. The minimum atomic E-state index is 0.0477. The van der Waals surface area contributed by atoms with Crippen LogP contribution in [0.3, 0.4) is 0 Å². The number of thiazole rings is 1. The van der Waals surface area contributed by atoms with Crippen LogP contribution in [0.25, 0.3) is 10.2 Å². The number of nitrogens with zero attached hydrogens (tertiary/aromatic N) is 2. The van der Waals surface area contributed by atoms with Crippen molar-refractivity contribution in [1.82, 2.24) is 4.98 Å². The lowest BCUT2D eigenvalue weighted by Gasteiger charge is -2.23. The summed E-state index contributed by atoms with van der Waals surface area (Å²) >= 11 is 7.74. The van der Waals surface area contributed by atoms with Crippen LogP contribution in [0, 0.1) is 20.8 Å². The summed E-state index contributed by atoms with van der Waals surface area (Å²) in [5.74, 6) is 0.0477. The molecule has 1 aromatic heterocycles. The lowest BCUT2D eigenvalue weighted by molar-refractivity contribution is -0.118. The van der Waals surface area contributed by atoms with Crippen molar-refractivity contribution < 1.29 is 9.53 Å². The van der Waals surface area contributed by atoms with E-state index in [2.05, 4.69) is 26.0 Å². The second-order valence-electron chi connectivity index (χ2n) is 7.80. The van der Waals surface area contributed by atoms with Crippen LogP contribution in [0.2, 0.25) is 5.02 Å². The quantitative estimate of drug-likeness (QED) is 0.528. The third-order valence-corrected chi connectivity index (χ3v) is 6.75. The minimum Gasteiger partial charge on any atom is -0.376 e. The molecule has 0 saturated carbocycles. The largest absolute Gasteiger partial charge is 0.376 e. The number of anilines is 1. The van der Waals surface area contributed by atoms with Crippen LogP contribution in [0.5, 0.6) is 0 Å². The monoisotopic (exact) mass is 428 g/mol. The molecule has 0 aliphatic carbocycles. The van der Waals surface area contributed by atoms with Gasteiger partial charge in [-0.25, -0.2) is 4.98 Å². The molecule has 1 unspecified atom stereocenters. The Labute approximate surface area is 180 Å². The molecule has 1 aliphatic heterocycles. The molecule has 2 heterocycles. The first-order valence-corrected chi connectivity index (χ1v) is 11.1. The summed E-state index contributed by atoms with van der Waals surface area (Å²) in [6.45, 7) is 7.46. The molecule has 1 aliphatic rings. The normalized spacial score (nSPS) is 16.5. The van der Waals surface area contributed by atoms with E-state index in [9.17, 15) is 4.79 Å². The van der Waals surface area contributed by atoms with Crippen LogP contribution in [0.1, 0.15) is 35.1 Å². The molecule has 3 aromatic rings. The molecule has 0 spiro atoms. The molecule has 152 valence electrons. The standard InChI is InChI=1S/C23H25ClN2O2S/c1-14-6-7-17(9-15(14)2)11-21(27)26(13-19-5-4-8-28-19)23-25-22-16(3)10-18(24)12-20(22)29-23/h6-7,9-10,12,19H,4-5,8,11,13H2,1-3H3. The Morgan fingerprint density at radius 3 is 2.76 bits per heavy atom. The summed E-state index contributed by atoms with van der Waals surface area (Å²) in [7, 11) is 0. The average Bonchev–Trinajstić information content (AvgIpc) is 3.32. The molecule has 0 radical (unpaired) electrons. The van der Waals surface area contributed by atoms with E-state index in [0.29, 0.717) is 18.0 Å². The highest BCUT2D eigenvalue weighted by Crippen LogP contribution is 2.34. The van der Waals surface area contributed by atoms with Crippen LogP contribution in [-0.2, 0) is 16.0 Å². The van der Waals surface area contributed by atoms with E-state index in [-0.39, 0.29) is 12.0 Å². The number of hydrogen-bond donors (Lipinski definition) is 0. The first kappa shape index (κ1) is 20.3. The number of hydrogen-bond acceptors (Lipinski definition) is 4. The topological polar surface area (TPSA) is 42.4 Å². The van der Waals surface area contributed by atoms with Gasteiger partial charge in [-0.1, -0.05) is 41.1 Å². The van der Waals surface area contributed by atoms with Crippen LogP contribution in [0.4, 0.5) is 5.13 Å². The number of benzene rings is 2. The maximum absolute atomic E-state index is 13.3. The van der Waals surface area contributed by atoms with Crippen LogP contribution < -0.4 is 4.90 Å². The summed E-state index contributed by atoms with van der Waals surface area (Å²) < 4.78 is 6.82. The van der Waals surface area contributed by atoms with Crippen LogP contribution in [-0.4, -0.2) is 30.1 Å². The van der Waals surface area contributed by atoms with Crippen molar-refractivity contribution in [2.45, 2.75) is 46.1 Å². The van der Waals surface area contributed by atoms with Gasteiger partial charge in [0, 0.05) is 11.6 Å². The zero-order valence-corrected chi connectivity index (χ0v) is 18.6. The van der Waals surface area contributed by atoms with Gasteiger partial charge < -0.3 is 4.74 Å². The van der Waals surface area contributed by atoms with Crippen molar-refractivity contribution in [3.8, 4) is 0 Å². The van der Waals surface area contributed by atoms with E-state index in [1.54, 1.807) is 0 Å². The zero-order valence-electron chi connectivity index (χ0n) is 17.0. The maximum atomic E-state index is 13.3. The Morgan fingerprint density at radius 2 is 2.03 bits per heavy atom. The molecular formula is C23H25ClN2O2S. The summed E-state index contributed by atoms with van der Waals surface area (Å²) in [6, 6.07) is 10.0. The van der Waals surface area contributed by atoms with Gasteiger partial charge in [0.15, 0.2) is 5.13 Å². The number of carbonyl (C=O) groups is 1. The predicted octanol–water partition coefficient (Wildman–Crippen LogP) is 5.63. The number of aromatic nitrogens is 1. The fraction of sp³-hybridized carbons (Fsp3) is 0.391. The second-order valence-corrected chi connectivity index (χ2v) is 9.25. The number of halogens is 1. The molecule has 2 aromatic carbocycles. The molecule has 1 amide bonds. The Hall–Kier alpha value is -1.95. The maximum Gasteiger partial charge on any atom is 0.233 e. The van der Waals surface area contributed by atoms with Crippen LogP contribution >= 0.6 is 22.9 Å². The number of amides is 1. The molecule has 29 heavy (non-hydrogen) atoms. The summed E-state index contributed by atoms with van der Waals surface area (Å²) in [6.07, 6.45) is 2.43. The second kappa shape index (κ2) is 8.42. The van der Waals surface area contributed by atoms with Gasteiger partial charge in [0.1, 0.15) is 0 Å². The molecule has 6 heteroatoms. The van der Waals surface area contributed by atoms with E-state index in [1.807, 2.05) is 30.0 Å². The number of rotatable bonds is 5. The van der Waals surface area contributed by atoms with E-state index in [1.165, 1.54) is 22.5 Å². The summed E-state index contributed by atoms with van der Waals surface area (Å²) in [4.78, 5) is 19.9. The van der Waals surface area contributed by atoms with E-state index in [4.69, 9.17) is 21.3 Å². The third-order valence-electron chi connectivity index (χ3n) is 5.51. The van der Waals surface area contributed by atoms with Gasteiger partial charge in [0.25, 0.3) is 0 Å². The van der Waals surface area contributed by atoms with Gasteiger partial charge >= 0.3 is 0 Å². The fourth-order valence-corrected chi connectivity index (χ4v) is 5.17. The highest BCUT2D eigenvalue weighted by atomic mass is 35.5. The zero-order chi connectivity index (χ0) is 20.5. The highest BCUT2D eigenvalue weighted by molar-refractivity contribution is 7.22. The van der Waals surface area contributed by atoms with Gasteiger partial charge in [-0.3, -0.25) is 9.69 Å². The Balaban J connectivity index is 1.66. The van der Waals surface area contributed by atoms with Crippen molar-refractivity contribution in [3.05, 3.63) is 57.6 Å². The summed E-state index contributed by atoms with van der Waals surface area (Å²) in [5, 5.41) is 1.41. The minimum absolute atomic E-state index is 0.0477. The lowest BCUT2D eigenvalue weighted by Crippen LogP contribution is -2.38. The van der Waals surface area contributed by atoms with Crippen molar-refractivity contribution in [3.63, 3.8) is 0 Å². The van der Waals surface area contributed by atoms with Crippen LogP contribution in [0.15, 0.2) is 30.3 Å². The summed E-state index contributed by atoms with van der Waals surface area (Å²) in [5.41, 5.74) is 5.39. The van der Waals surface area contributed by atoms with Crippen molar-refractivity contribution in [2.24, 2.45) is 0 Å². The Bertz CT molecular complexity index is 1060. The Kier molecular flexibility index (Phi) is 5.91. The highest BCUT2D eigenvalue weighted by Gasteiger charge is 2.26. The molecule has 4 nitrogen and oxygen atoms in total.